The molecule has 2 unspecified atom stereocenters. The average Bonchev–Trinajstić information content (AvgIpc) is 2.39. The molecule has 0 saturated carbocycles. The maximum absolute atomic E-state index is 12.1. The second-order valence-corrected chi connectivity index (χ2v) is 5.64. The fourth-order valence-electron chi connectivity index (χ4n) is 1.98. The lowest BCUT2D eigenvalue weighted by Gasteiger charge is -2.21. The maximum Gasteiger partial charge on any atom is 0.261 e. The van der Waals surface area contributed by atoms with Gasteiger partial charge in [0.25, 0.3) is 5.91 Å². The standard InChI is InChI=1S/C16H26N2O2/c1-11(2)9-14(10-17)18-16(19)13(4)20-15-7-5-12(3)6-8-15/h5-8,11,13-14H,9-10,17H2,1-4H3,(H,18,19). The predicted octanol–water partition coefficient (Wildman–Crippen LogP) is 2.25. The molecule has 0 saturated heterocycles. The van der Waals surface area contributed by atoms with Crippen LogP contribution in [0.3, 0.4) is 0 Å². The lowest BCUT2D eigenvalue weighted by molar-refractivity contribution is -0.128. The first-order valence-corrected chi connectivity index (χ1v) is 7.16. The zero-order valence-electron chi connectivity index (χ0n) is 12.8. The SMILES string of the molecule is Cc1ccc(OC(C)C(=O)NC(CN)CC(C)C)cc1. The monoisotopic (exact) mass is 278 g/mol. The van der Waals surface area contributed by atoms with E-state index < -0.39 is 6.10 Å². The van der Waals surface area contributed by atoms with Crippen molar-refractivity contribution in [2.24, 2.45) is 11.7 Å². The summed E-state index contributed by atoms with van der Waals surface area (Å²) in [5.41, 5.74) is 6.84. The van der Waals surface area contributed by atoms with Gasteiger partial charge in [0.05, 0.1) is 0 Å². The third kappa shape index (κ3) is 5.61. The molecule has 0 aromatic heterocycles. The van der Waals surface area contributed by atoms with Crippen molar-refractivity contribution < 1.29 is 9.53 Å². The van der Waals surface area contributed by atoms with Gasteiger partial charge in [0.15, 0.2) is 6.10 Å². The van der Waals surface area contributed by atoms with Gasteiger partial charge in [-0.15, -0.1) is 0 Å². The molecular weight excluding hydrogens is 252 g/mol. The molecule has 1 aromatic carbocycles. The highest BCUT2D eigenvalue weighted by Crippen LogP contribution is 2.13. The first-order valence-electron chi connectivity index (χ1n) is 7.16. The van der Waals surface area contributed by atoms with Crippen molar-refractivity contribution in [2.75, 3.05) is 6.54 Å². The molecule has 0 aliphatic rings. The van der Waals surface area contributed by atoms with E-state index in [1.54, 1.807) is 6.92 Å². The number of nitrogens with one attached hydrogen (secondary N) is 1. The van der Waals surface area contributed by atoms with Crippen molar-refractivity contribution in [1.82, 2.24) is 5.32 Å². The molecule has 3 N–H and O–H groups in total. The van der Waals surface area contributed by atoms with Crippen LogP contribution in [-0.2, 0) is 4.79 Å². The van der Waals surface area contributed by atoms with Crippen molar-refractivity contribution in [2.45, 2.75) is 46.3 Å². The molecule has 0 aliphatic carbocycles. The van der Waals surface area contributed by atoms with Gasteiger partial charge in [-0.25, -0.2) is 0 Å². The number of carbonyl (C=O) groups is 1. The number of hydrogen-bond donors (Lipinski definition) is 2. The topological polar surface area (TPSA) is 64.3 Å². The number of rotatable bonds is 7. The van der Waals surface area contributed by atoms with Gasteiger partial charge < -0.3 is 15.8 Å². The molecule has 0 fully saturated rings. The highest BCUT2D eigenvalue weighted by atomic mass is 16.5. The molecule has 0 bridgehead atoms. The van der Waals surface area contributed by atoms with Gasteiger partial charge in [0, 0.05) is 12.6 Å². The highest BCUT2D eigenvalue weighted by molar-refractivity contribution is 5.81. The van der Waals surface area contributed by atoms with E-state index in [4.69, 9.17) is 10.5 Å². The van der Waals surface area contributed by atoms with Gasteiger partial charge in [0.2, 0.25) is 0 Å². The van der Waals surface area contributed by atoms with E-state index >= 15 is 0 Å². The largest absolute Gasteiger partial charge is 0.481 e. The van der Waals surface area contributed by atoms with Gasteiger partial charge in [0.1, 0.15) is 5.75 Å². The van der Waals surface area contributed by atoms with Crippen LogP contribution in [0.1, 0.15) is 32.8 Å². The van der Waals surface area contributed by atoms with Crippen LogP contribution in [0.2, 0.25) is 0 Å². The van der Waals surface area contributed by atoms with Crippen molar-refractivity contribution in [1.29, 1.82) is 0 Å². The molecule has 1 rings (SSSR count). The molecule has 2 atom stereocenters. The summed E-state index contributed by atoms with van der Waals surface area (Å²) in [5.74, 6) is 1.07. The quantitative estimate of drug-likeness (QED) is 0.804. The van der Waals surface area contributed by atoms with Crippen molar-refractivity contribution >= 4 is 5.91 Å². The van der Waals surface area contributed by atoms with Gasteiger partial charge in [-0.3, -0.25) is 4.79 Å². The minimum atomic E-state index is -0.529. The van der Waals surface area contributed by atoms with Crippen LogP contribution in [0, 0.1) is 12.8 Å². The number of carbonyl (C=O) groups excluding carboxylic acids is 1. The summed E-state index contributed by atoms with van der Waals surface area (Å²) in [7, 11) is 0. The summed E-state index contributed by atoms with van der Waals surface area (Å²) in [4.78, 5) is 12.1. The molecule has 20 heavy (non-hydrogen) atoms. The second-order valence-electron chi connectivity index (χ2n) is 5.64. The van der Waals surface area contributed by atoms with Crippen molar-refractivity contribution in [3.63, 3.8) is 0 Å². The van der Waals surface area contributed by atoms with E-state index in [1.807, 2.05) is 31.2 Å². The normalized spacial score (nSPS) is 13.9. The molecule has 1 amide bonds. The first kappa shape index (κ1) is 16.5. The number of amides is 1. The molecule has 4 nitrogen and oxygen atoms in total. The Labute approximate surface area is 121 Å². The molecule has 112 valence electrons. The summed E-state index contributed by atoms with van der Waals surface area (Å²) >= 11 is 0. The Morgan fingerprint density at radius 2 is 1.85 bits per heavy atom. The van der Waals surface area contributed by atoms with Crippen LogP contribution >= 0.6 is 0 Å². The summed E-state index contributed by atoms with van der Waals surface area (Å²) in [5, 5.41) is 2.94. The summed E-state index contributed by atoms with van der Waals surface area (Å²) < 4.78 is 5.63. The lowest BCUT2D eigenvalue weighted by atomic mass is 10.0. The van der Waals surface area contributed by atoms with E-state index in [9.17, 15) is 4.79 Å². The predicted molar refractivity (Wildman–Crippen MR) is 81.7 cm³/mol. The van der Waals surface area contributed by atoms with Gasteiger partial charge in [-0.1, -0.05) is 31.5 Å². The smallest absolute Gasteiger partial charge is 0.261 e. The molecule has 4 heteroatoms. The number of benzene rings is 1. The number of aryl methyl sites for hydroxylation is 1. The van der Waals surface area contributed by atoms with Crippen LogP contribution in [0.25, 0.3) is 0 Å². The zero-order valence-corrected chi connectivity index (χ0v) is 12.8. The van der Waals surface area contributed by atoms with Crippen LogP contribution in [-0.4, -0.2) is 24.6 Å². The van der Waals surface area contributed by atoms with E-state index in [2.05, 4.69) is 19.2 Å². The maximum atomic E-state index is 12.1. The zero-order chi connectivity index (χ0) is 15.1. The van der Waals surface area contributed by atoms with Crippen LogP contribution in [0.15, 0.2) is 24.3 Å². The minimum absolute atomic E-state index is 0.00608. The Morgan fingerprint density at radius 1 is 1.25 bits per heavy atom. The molecule has 0 aliphatic heterocycles. The van der Waals surface area contributed by atoms with Crippen molar-refractivity contribution in [3.8, 4) is 5.75 Å². The molecule has 0 heterocycles. The Balaban J connectivity index is 2.51. The van der Waals surface area contributed by atoms with E-state index in [0.29, 0.717) is 18.2 Å². The Kier molecular flexibility index (Phi) is 6.52. The Hall–Kier alpha value is -1.55. The van der Waals surface area contributed by atoms with Crippen LogP contribution in [0.5, 0.6) is 5.75 Å². The fourth-order valence-corrected chi connectivity index (χ4v) is 1.98. The molecular formula is C16H26N2O2. The van der Waals surface area contributed by atoms with Crippen LogP contribution < -0.4 is 15.8 Å². The lowest BCUT2D eigenvalue weighted by Crippen LogP contribution is -2.46. The second kappa shape index (κ2) is 7.90. The van der Waals surface area contributed by atoms with E-state index in [-0.39, 0.29) is 11.9 Å². The van der Waals surface area contributed by atoms with Gasteiger partial charge in [-0.2, -0.15) is 0 Å². The third-order valence-corrected chi connectivity index (χ3v) is 3.09. The molecule has 0 radical (unpaired) electrons. The average molecular weight is 278 g/mol. The van der Waals surface area contributed by atoms with Crippen LogP contribution in [0.4, 0.5) is 0 Å². The number of hydrogen-bond acceptors (Lipinski definition) is 3. The first-order chi connectivity index (χ1) is 9.42. The van der Waals surface area contributed by atoms with E-state index in [0.717, 1.165) is 12.0 Å². The minimum Gasteiger partial charge on any atom is -0.481 e. The third-order valence-electron chi connectivity index (χ3n) is 3.09. The summed E-state index contributed by atoms with van der Waals surface area (Å²) in [6.07, 6.45) is 0.346. The van der Waals surface area contributed by atoms with E-state index in [1.165, 1.54) is 0 Å². The number of nitrogens with two attached hydrogens (primary N) is 1. The fraction of sp³-hybridized carbons (Fsp3) is 0.562. The molecule has 0 spiro atoms. The van der Waals surface area contributed by atoms with Gasteiger partial charge >= 0.3 is 0 Å². The summed E-state index contributed by atoms with van der Waals surface area (Å²) in [6.45, 7) is 8.43. The summed E-state index contributed by atoms with van der Waals surface area (Å²) in [6, 6.07) is 7.66. The molecule has 1 aromatic rings. The number of ether oxygens (including phenoxy) is 1. The highest BCUT2D eigenvalue weighted by Gasteiger charge is 2.18. The Bertz CT molecular complexity index is 415. The Morgan fingerprint density at radius 3 is 2.35 bits per heavy atom. The van der Waals surface area contributed by atoms with Gasteiger partial charge in [-0.05, 0) is 38.3 Å². The van der Waals surface area contributed by atoms with Crippen molar-refractivity contribution in [3.05, 3.63) is 29.8 Å².